The molecule has 0 bridgehead atoms. The Morgan fingerprint density at radius 1 is 1.25 bits per heavy atom. The molecule has 0 spiro atoms. The van der Waals surface area contributed by atoms with Crippen LogP contribution in [0.4, 0.5) is 5.82 Å². The predicted octanol–water partition coefficient (Wildman–Crippen LogP) is 2.23. The monoisotopic (exact) mass is 328 g/mol. The number of anilines is 1. The fraction of sp³-hybridized carbons (Fsp3) is 0.500. The minimum absolute atomic E-state index is 0.318. The van der Waals surface area contributed by atoms with Gasteiger partial charge < -0.3 is 15.2 Å². The lowest BCUT2D eigenvalue weighted by molar-refractivity contribution is -0.0200. The van der Waals surface area contributed by atoms with Crippen molar-refractivity contribution in [3.63, 3.8) is 0 Å². The van der Waals surface area contributed by atoms with E-state index in [1.165, 1.54) is 5.56 Å². The SMILES string of the molecule is COCC(C)(O)CCNc1nc(-c2ccncc2)nc2c1CCC2. The third kappa shape index (κ3) is 3.88. The molecule has 2 aromatic rings. The third-order valence-electron chi connectivity index (χ3n) is 4.28. The number of nitrogens with one attached hydrogen (secondary N) is 1. The molecule has 0 aliphatic heterocycles. The van der Waals surface area contributed by atoms with Crippen LogP contribution >= 0.6 is 0 Å². The normalized spacial score (nSPS) is 15.8. The van der Waals surface area contributed by atoms with Gasteiger partial charge in [0, 0.05) is 42.9 Å². The van der Waals surface area contributed by atoms with Gasteiger partial charge in [-0.2, -0.15) is 0 Å². The Hall–Kier alpha value is -2.05. The Labute approximate surface area is 142 Å². The molecule has 3 rings (SSSR count). The maximum Gasteiger partial charge on any atom is 0.161 e. The average molecular weight is 328 g/mol. The van der Waals surface area contributed by atoms with Crippen molar-refractivity contribution in [1.29, 1.82) is 0 Å². The minimum atomic E-state index is -0.841. The molecule has 24 heavy (non-hydrogen) atoms. The first kappa shape index (κ1) is 16.8. The van der Waals surface area contributed by atoms with Gasteiger partial charge >= 0.3 is 0 Å². The van der Waals surface area contributed by atoms with Crippen molar-refractivity contribution in [3.05, 3.63) is 35.8 Å². The topological polar surface area (TPSA) is 80.2 Å². The van der Waals surface area contributed by atoms with Gasteiger partial charge in [-0.15, -0.1) is 0 Å². The van der Waals surface area contributed by atoms with E-state index in [4.69, 9.17) is 14.7 Å². The second kappa shape index (κ2) is 7.23. The summed E-state index contributed by atoms with van der Waals surface area (Å²) in [5.41, 5.74) is 2.46. The molecule has 1 aliphatic rings. The summed E-state index contributed by atoms with van der Waals surface area (Å²) in [6, 6.07) is 3.84. The molecule has 0 amide bonds. The van der Waals surface area contributed by atoms with Crippen molar-refractivity contribution in [2.45, 2.75) is 38.2 Å². The summed E-state index contributed by atoms with van der Waals surface area (Å²) in [5.74, 6) is 1.61. The van der Waals surface area contributed by atoms with Crippen molar-refractivity contribution < 1.29 is 9.84 Å². The Morgan fingerprint density at radius 3 is 2.79 bits per heavy atom. The van der Waals surface area contributed by atoms with Crippen molar-refractivity contribution in [2.24, 2.45) is 0 Å². The summed E-state index contributed by atoms with van der Waals surface area (Å²) in [5, 5.41) is 13.6. The maximum atomic E-state index is 10.2. The molecule has 1 atom stereocenters. The van der Waals surface area contributed by atoms with Crippen LogP contribution in [-0.2, 0) is 17.6 Å². The minimum Gasteiger partial charge on any atom is -0.388 e. The molecular formula is C18H24N4O2. The van der Waals surface area contributed by atoms with Gasteiger partial charge in [-0.3, -0.25) is 4.98 Å². The summed E-state index contributed by atoms with van der Waals surface area (Å²) in [6.45, 7) is 2.74. The molecule has 0 aromatic carbocycles. The van der Waals surface area contributed by atoms with Crippen LogP contribution in [0.1, 0.15) is 31.0 Å². The Balaban J connectivity index is 1.79. The second-order valence-corrected chi connectivity index (χ2v) is 6.52. The van der Waals surface area contributed by atoms with Crippen LogP contribution in [0.15, 0.2) is 24.5 Å². The Bertz CT molecular complexity index is 689. The zero-order chi connectivity index (χ0) is 17.0. The number of pyridine rings is 1. The van der Waals surface area contributed by atoms with Crippen LogP contribution < -0.4 is 5.32 Å². The highest BCUT2D eigenvalue weighted by atomic mass is 16.5. The molecule has 6 heteroatoms. The van der Waals surface area contributed by atoms with E-state index >= 15 is 0 Å². The van der Waals surface area contributed by atoms with Crippen molar-refractivity contribution >= 4 is 5.82 Å². The number of nitrogens with zero attached hydrogens (tertiary/aromatic N) is 3. The molecule has 0 saturated heterocycles. The smallest absolute Gasteiger partial charge is 0.161 e. The average Bonchev–Trinajstić information content (AvgIpc) is 3.04. The van der Waals surface area contributed by atoms with E-state index in [9.17, 15) is 5.11 Å². The van der Waals surface area contributed by atoms with E-state index in [1.807, 2.05) is 12.1 Å². The number of fused-ring (bicyclic) bond motifs is 1. The van der Waals surface area contributed by atoms with Crippen molar-refractivity contribution in [1.82, 2.24) is 15.0 Å². The van der Waals surface area contributed by atoms with Gasteiger partial charge in [0.1, 0.15) is 5.82 Å². The van der Waals surface area contributed by atoms with E-state index in [2.05, 4.69) is 10.3 Å². The fourth-order valence-electron chi connectivity index (χ4n) is 3.04. The molecule has 128 valence electrons. The molecule has 2 N–H and O–H groups in total. The summed E-state index contributed by atoms with van der Waals surface area (Å²) in [7, 11) is 1.60. The van der Waals surface area contributed by atoms with Gasteiger partial charge in [-0.1, -0.05) is 0 Å². The second-order valence-electron chi connectivity index (χ2n) is 6.52. The van der Waals surface area contributed by atoms with E-state index in [-0.39, 0.29) is 0 Å². The number of hydrogen-bond acceptors (Lipinski definition) is 6. The van der Waals surface area contributed by atoms with Crippen LogP contribution in [0.25, 0.3) is 11.4 Å². The number of aryl methyl sites for hydroxylation is 1. The van der Waals surface area contributed by atoms with Crippen LogP contribution in [0.5, 0.6) is 0 Å². The zero-order valence-corrected chi connectivity index (χ0v) is 14.2. The highest BCUT2D eigenvalue weighted by Gasteiger charge is 2.22. The molecule has 0 saturated carbocycles. The zero-order valence-electron chi connectivity index (χ0n) is 14.2. The Morgan fingerprint density at radius 2 is 2.04 bits per heavy atom. The lowest BCUT2D eigenvalue weighted by Gasteiger charge is -2.22. The lowest BCUT2D eigenvalue weighted by Crippen LogP contribution is -2.32. The summed E-state index contributed by atoms with van der Waals surface area (Å²) < 4.78 is 5.05. The first-order valence-corrected chi connectivity index (χ1v) is 8.34. The molecule has 1 unspecified atom stereocenters. The lowest BCUT2D eigenvalue weighted by atomic mass is 10.0. The van der Waals surface area contributed by atoms with Gasteiger partial charge in [-0.05, 0) is 44.7 Å². The number of rotatable bonds is 7. The van der Waals surface area contributed by atoms with Gasteiger partial charge in [0.25, 0.3) is 0 Å². The van der Waals surface area contributed by atoms with E-state index < -0.39 is 5.60 Å². The number of aromatic nitrogens is 3. The summed E-state index contributed by atoms with van der Waals surface area (Å²) in [6.07, 6.45) is 7.20. The summed E-state index contributed by atoms with van der Waals surface area (Å²) in [4.78, 5) is 13.5. The van der Waals surface area contributed by atoms with Crippen LogP contribution in [-0.4, -0.2) is 45.9 Å². The molecule has 0 radical (unpaired) electrons. The number of hydrogen-bond donors (Lipinski definition) is 2. The van der Waals surface area contributed by atoms with Gasteiger partial charge in [0.2, 0.25) is 0 Å². The summed E-state index contributed by atoms with van der Waals surface area (Å²) >= 11 is 0. The molecule has 1 aliphatic carbocycles. The van der Waals surface area contributed by atoms with E-state index in [0.717, 1.165) is 42.2 Å². The largest absolute Gasteiger partial charge is 0.388 e. The highest BCUT2D eigenvalue weighted by Crippen LogP contribution is 2.29. The molecule has 6 nitrogen and oxygen atoms in total. The first-order valence-electron chi connectivity index (χ1n) is 8.34. The van der Waals surface area contributed by atoms with Gasteiger partial charge in [0.15, 0.2) is 5.82 Å². The number of methoxy groups -OCH3 is 1. The van der Waals surface area contributed by atoms with Crippen molar-refractivity contribution in [2.75, 3.05) is 25.6 Å². The maximum absolute atomic E-state index is 10.2. The third-order valence-corrected chi connectivity index (χ3v) is 4.28. The molecule has 2 heterocycles. The Kier molecular flexibility index (Phi) is 5.06. The number of ether oxygens (including phenoxy) is 1. The molecular weight excluding hydrogens is 304 g/mol. The van der Waals surface area contributed by atoms with Crippen LogP contribution in [0.3, 0.4) is 0 Å². The van der Waals surface area contributed by atoms with E-state index in [0.29, 0.717) is 19.6 Å². The van der Waals surface area contributed by atoms with Crippen LogP contribution in [0.2, 0.25) is 0 Å². The standard InChI is InChI=1S/C18H24N4O2/c1-18(23,12-24-2)8-11-20-17-14-4-3-5-15(14)21-16(22-17)13-6-9-19-10-7-13/h6-7,9-10,23H,3-5,8,11-12H2,1-2H3,(H,20,21,22). The molecule has 2 aromatic heterocycles. The van der Waals surface area contributed by atoms with Crippen molar-refractivity contribution in [3.8, 4) is 11.4 Å². The number of aliphatic hydroxyl groups is 1. The van der Waals surface area contributed by atoms with E-state index in [1.54, 1.807) is 26.4 Å². The van der Waals surface area contributed by atoms with Gasteiger partial charge in [0.05, 0.1) is 12.2 Å². The van der Waals surface area contributed by atoms with Crippen LogP contribution in [0, 0.1) is 0 Å². The fourth-order valence-corrected chi connectivity index (χ4v) is 3.04. The highest BCUT2D eigenvalue weighted by molar-refractivity contribution is 5.60. The van der Waals surface area contributed by atoms with Gasteiger partial charge in [-0.25, -0.2) is 9.97 Å². The quantitative estimate of drug-likeness (QED) is 0.811. The predicted molar refractivity (Wildman–Crippen MR) is 92.9 cm³/mol. The first-order chi connectivity index (χ1) is 11.6. The molecule has 0 fully saturated rings.